The first-order valence-electron chi connectivity index (χ1n) is 9.92. The molecule has 0 radical (unpaired) electrons. The van der Waals surface area contributed by atoms with Crippen LogP contribution in [0.1, 0.15) is 29.9 Å². The second-order valence-electron chi connectivity index (χ2n) is 7.44. The van der Waals surface area contributed by atoms with Gasteiger partial charge in [-0.15, -0.1) is 0 Å². The molecule has 1 saturated heterocycles. The second-order valence-corrected chi connectivity index (χ2v) is 7.44. The van der Waals surface area contributed by atoms with Crippen LogP contribution in [-0.2, 0) is 15.1 Å². The molecule has 1 aromatic heterocycles. The molecule has 0 bridgehead atoms. The SMILES string of the molecule is C[C@@]1(c2ccccc2)NC(=O)N(NC(=O)C[NH2+][C@@H](c2ccccc2)c2ccco2)C1=O. The zero-order valence-corrected chi connectivity index (χ0v) is 16.9. The van der Waals surface area contributed by atoms with Gasteiger partial charge in [-0.2, -0.15) is 5.01 Å². The number of hydrazine groups is 1. The summed E-state index contributed by atoms with van der Waals surface area (Å²) < 4.78 is 5.53. The number of imide groups is 1. The van der Waals surface area contributed by atoms with Crippen molar-refractivity contribution in [2.24, 2.45) is 0 Å². The summed E-state index contributed by atoms with van der Waals surface area (Å²) >= 11 is 0. The van der Waals surface area contributed by atoms with E-state index in [9.17, 15) is 14.4 Å². The Morgan fingerprint density at radius 3 is 2.39 bits per heavy atom. The number of nitrogens with one attached hydrogen (secondary N) is 2. The summed E-state index contributed by atoms with van der Waals surface area (Å²) in [5.41, 5.74) is 2.79. The van der Waals surface area contributed by atoms with Crippen LogP contribution in [0.3, 0.4) is 0 Å². The Bertz CT molecular complexity index is 1070. The van der Waals surface area contributed by atoms with Crippen molar-refractivity contribution in [2.75, 3.05) is 6.54 Å². The molecule has 3 aromatic rings. The van der Waals surface area contributed by atoms with Gasteiger partial charge in [0.1, 0.15) is 5.54 Å². The Balaban J connectivity index is 1.44. The maximum atomic E-state index is 12.9. The standard InChI is InChI=1S/C23H22N4O4/c1-23(17-11-6-3-7-12-17)21(29)27(22(30)25-23)26-19(28)15-24-20(18-13-8-14-31-18)16-9-4-2-5-10-16/h2-14,20,24H,15H2,1H3,(H,25,30)(H,26,28)/p+1/t20-,23-/m0/s1. The Morgan fingerprint density at radius 2 is 1.74 bits per heavy atom. The van der Waals surface area contributed by atoms with E-state index in [0.717, 1.165) is 10.6 Å². The first-order valence-corrected chi connectivity index (χ1v) is 9.92. The number of nitrogens with two attached hydrogens (primary N) is 1. The number of hydrogen-bond donors (Lipinski definition) is 3. The smallest absolute Gasteiger partial charge is 0.344 e. The van der Waals surface area contributed by atoms with Crippen LogP contribution in [0, 0.1) is 0 Å². The Morgan fingerprint density at radius 1 is 1.06 bits per heavy atom. The van der Waals surface area contributed by atoms with E-state index in [-0.39, 0.29) is 12.6 Å². The molecule has 0 spiro atoms. The lowest BCUT2D eigenvalue weighted by molar-refractivity contribution is -0.678. The van der Waals surface area contributed by atoms with Crippen LogP contribution in [0.25, 0.3) is 0 Å². The van der Waals surface area contributed by atoms with Crippen molar-refractivity contribution in [2.45, 2.75) is 18.5 Å². The molecule has 4 rings (SSSR count). The molecule has 0 unspecified atom stereocenters. The summed E-state index contributed by atoms with van der Waals surface area (Å²) in [4.78, 5) is 37.9. The number of carbonyl (C=O) groups excluding carboxylic acids is 3. The second kappa shape index (κ2) is 8.45. The first kappa shape index (κ1) is 20.4. The number of amides is 4. The molecule has 1 fully saturated rings. The predicted octanol–water partition coefficient (Wildman–Crippen LogP) is 1.43. The lowest BCUT2D eigenvalue weighted by Crippen LogP contribution is -2.88. The van der Waals surface area contributed by atoms with Gasteiger partial charge in [0, 0.05) is 5.56 Å². The predicted molar refractivity (Wildman–Crippen MR) is 111 cm³/mol. The number of benzene rings is 2. The zero-order chi connectivity index (χ0) is 21.8. The van der Waals surface area contributed by atoms with Gasteiger partial charge in [0.05, 0.1) is 6.26 Å². The Labute approximate surface area is 179 Å². The van der Waals surface area contributed by atoms with Crippen LogP contribution < -0.4 is 16.1 Å². The van der Waals surface area contributed by atoms with Crippen LogP contribution in [0.5, 0.6) is 0 Å². The number of carbonyl (C=O) groups is 3. The van der Waals surface area contributed by atoms with E-state index in [1.165, 1.54) is 0 Å². The average Bonchev–Trinajstić information content (AvgIpc) is 3.39. The number of furan rings is 1. The number of hydrogen-bond acceptors (Lipinski definition) is 4. The van der Waals surface area contributed by atoms with Gasteiger partial charge in [0.2, 0.25) is 0 Å². The van der Waals surface area contributed by atoms with Crippen molar-refractivity contribution in [3.63, 3.8) is 0 Å². The van der Waals surface area contributed by atoms with Crippen LogP contribution in [0.15, 0.2) is 83.5 Å². The third-order valence-electron chi connectivity index (χ3n) is 5.33. The molecular formula is C23H23N4O4+. The van der Waals surface area contributed by atoms with Crippen molar-refractivity contribution in [3.05, 3.63) is 95.9 Å². The molecule has 0 aliphatic carbocycles. The molecule has 31 heavy (non-hydrogen) atoms. The maximum Gasteiger partial charge on any atom is 0.344 e. The van der Waals surface area contributed by atoms with E-state index < -0.39 is 23.4 Å². The van der Waals surface area contributed by atoms with Gasteiger partial charge in [-0.25, -0.2) is 4.79 Å². The summed E-state index contributed by atoms with van der Waals surface area (Å²) in [6.45, 7) is 1.60. The lowest BCUT2D eigenvalue weighted by Gasteiger charge is -2.22. The van der Waals surface area contributed by atoms with Crippen LogP contribution >= 0.6 is 0 Å². The van der Waals surface area contributed by atoms with Crippen molar-refractivity contribution in [1.82, 2.24) is 15.8 Å². The molecule has 158 valence electrons. The lowest BCUT2D eigenvalue weighted by atomic mass is 9.92. The monoisotopic (exact) mass is 419 g/mol. The van der Waals surface area contributed by atoms with Gasteiger partial charge in [-0.3, -0.25) is 15.0 Å². The van der Waals surface area contributed by atoms with Crippen LogP contribution in [0.4, 0.5) is 4.79 Å². The molecule has 2 atom stereocenters. The van der Waals surface area contributed by atoms with E-state index in [1.807, 2.05) is 42.5 Å². The van der Waals surface area contributed by atoms with E-state index >= 15 is 0 Å². The highest BCUT2D eigenvalue weighted by atomic mass is 16.3. The summed E-state index contributed by atoms with van der Waals surface area (Å²) in [5.74, 6) is -0.318. The van der Waals surface area contributed by atoms with Gasteiger partial charge >= 0.3 is 6.03 Å². The molecule has 1 aliphatic heterocycles. The molecule has 8 nitrogen and oxygen atoms in total. The van der Waals surface area contributed by atoms with E-state index in [2.05, 4.69) is 10.7 Å². The summed E-state index contributed by atoms with van der Waals surface area (Å²) in [6, 6.07) is 21.3. The van der Waals surface area contributed by atoms with Gasteiger partial charge in [0.25, 0.3) is 11.8 Å². The molecular weight excluding hydrogens is 396 g/mol. The topological polar surface area (TPSA) is 108 Å². The van der Waals surface area contributed by atoms with Gasteiger partial charge < -0.3 is 15.1 Å². The van der Waals surface area contributed by atoms with E-state index in [4.69, 9.17) is 4.42 Å². The summed E-state index contributed by atoms with van der Waals surface area (Å²) in [5, 5.41) is 5.20. The van der Waals surface area contributed by atoms with Crippen molar-refractivity contribution < 1.29 is 24.1 Å². The maximum absolute atomic E-state index is 12.9. The average molecular weight is 419 g/mol. The fraction of sp³-hybridized carbons (Fsp3) is 0.174. The quantitative estimate of drug-likeness (QED) is 0.504. The van der Waals surface area contributed by atoms with Crippen LogP contribution in [0.2, 0.25) is 0 Å². The van der Waals surface area contributed by atoms with Crippen LogP contribution in [-0.4, -0.2) is 29.4 Å². The zero-order valence-electron chi connectivity index (χ0n) is 16.9. The first-order chi connectivity index (χ1) is 15.0. The normalized spacial score (nSPS) is 19.2. The number of nitrogens with zero attached hydrogens (tertiary/aromatic N) is 1. The minimum atomic E-state index is -1.24. The third-order valence-corrected chi connectivity index (χ3v) is 5.33. The van der Waals surface area contributed by atoms with Crippen molar-refractivity contribution >= 4 is 17.8 Å². The minimum Gasteiger partial charge on any atom is -0.463 e. The third kappa shape index (κ3) is 4.06. The largest absolute Gasteiger partial charge is 0.463 e. The van der Waals surface area contributed by atoms with Crippen molar-refractivity contribution in [3.8, 4) is 0 Å². The fourth-order valence-electron chi connectivity index (χ4n) is 3.65. The molecule has 4 N–H and O–H groups in total. The van der Waals surface area contributed by atoms with E-state index in [1.54, 1.807) is 48.8 Å². The number of rotatable bonds is 7. The number of quaternary nitrogens is 1. The Hall–Kier alpha value is -3.91. The molecule has 2 aromatic carbocycles. The number of urea groups is 1. The fourth-order valence-corrected chi connectivity index (χ4v) is 3.65. The van der Waals surface area contributed by atoms with Gasteiger partial charge in [0.15, 0.2) is 18.3 Å². The molecule has 0 saturated carbocycles. The highest BCUT2D eigenvalue weighted by Gasteiger charge is 2.50. The Kier molecular flexibility index (Phi) is 5.55. The molecule has 1 aliphatic rings. The highest BCUT2D eigenvalue weighted by Crippen LogP contribution is 2.27. The van der Waals surface area contributed by atoms with E-state index in [0.29, 0.717) is 11.3 Å². The van der Waals surface area contributed by atoms with Gasteiger partial charge in [-0.1, -0.05) is 60.7 Å². The minimum absolute atomic E-state index is 0.0145. The summed E-state index contributed by atoms with van der Waals surface area (Å²) in [7, 11) is 0. The summed E-state index contributed by atoms with van der Waals surface area (Å²) in [6.07, 6.45) is 1.58. The molecule has 4 amide bonds. The van der Waals surface area contributed by atoms with Crippen molar-refractivity contribution in [1.29, 1.82) is 0 Å². The molecule has 2 heterocycles. The molecule has 8 heteroatoms. The van der Waals surface area contributed by atoms with Gasteiger partial charge in [-0.05, 0) is 24.6 Å². The highest BCUT2D eigenvalue weighted by molar-refractivity contribution is 6.08.